The molecule has 6 nitrogen and oxygen atoms in total. The van der Waals surface area contributed by atoms with Gasteiger partial charge in [-0.25, -0.2) is 5.43 Å². The fraction of sp³-hybridized carbons (Fsp3) is 0.222. The zero-order chi connectivity index (χ0) is 18.9. The van der Waals surface area contributed by atoms with E-state index in [0.29, 0.717) is 28.9 Å². The van der Waals surface area contributed by atoms with Gasteiger partial charge in [-0.3, -0.25) is 4.79 Å². The molecule has 0 atom stereocenters. The number of methoxy groups -OCH3 is 1. The number of carbonyl (C=O) groups is 1. The van der Waals surface area contributed by atoms with Gasteiger partial charge >= 0.3 is 0 Å². The van der Waals surface area contributed by atoms with Gasteiger partial charge in [0, 0.05) is 5.02 Å². The van der Waals surface area contributed by atoms with Crippen LogP contribution in [0.1, 0.15) is 12.5 Å². The number of benzene rings is 2. The molecule has 8 heteroatoms. The highest BCUT2D eigenvalue weighted by atomic mass is 127. The number of nitrogens with one attached hydrogen (secondary N) is 1. The standard InChI is InChI=1S/C18H18ClIN2O4/c1-3-25-18-15(20)8-12(9-16(18)24-2)10-21-22-17(23)11-26-14-6-4-13(19)5-7-14/h4-10H,3,11H2,1-2H3,(H,22,23)/b21-10-. The maximum absolute atomic E-state index is 11.8. The van der Waals surface area contributed by atoms with Crippen LogP contribution >= 0.6 is 34.2 Å². The number of hydrogen-bond donors (Lipinski definition) is 1. The van der Waals surface area contributed by atoms with Gasteiger partial charge in [0.1, 0.15) is 5.75 Å². The van der Waals surface area contributed by atoms with Crippen molar-refractivity contribution in [3.8, 4) is 17.2 Å². The number of halogens is 2. The monoisotopic (exact) mass is 488 g/mol. The lowest BCUT2D eigenvalue weighted by molar-refractivity contribution is -0.123. The maximum Gasteiger partial charge on any atom is 0.277 e. The van der Waals surface area contributed by atoms with Gasteiger partial charge in [0.2, 0.25) is 0 Å². The maximum atomic E-state index is 11.8. The van der Waals surface area contributed by atoms with Gasteiger partial charge in [-0.15, -0.1) is 0 Å². The van der Waals surface area contributed by atoms with E-state index in [1.165, 1.54) is 6.21 Å². The molecule has 1 N–H and O–H groups in total. The van der Waals surface area contributed by atoms with Gasteiger partial charge in [-0.2, -0.15) is 5.10 Å². The predicted octanol–water partition coefficient (Wildman–Crippen LogP) is 3.88. The van der Waals surface area contributed by atoms with E-state index in [2.05, 4.69) is 33.1 Å². The fourth-order valence-electron chi connectivity index (χ4n) is 1.99. The average Bonchev–Trinajstić information content (AvgIpc) is 2.63. The Morgan fingerprint density at radius 3 is 2.65 bits per heavy atom. The quantitative estimate of drug-likeness (QED) is 0.348. The van der Waals surface area contributed by atoms with Crippen molar-refractivity contribution in [2.75, 3.05) is 20.3 Å². The highest BCUT2D eigenvalue weighted by molar-refractivity contribution is 14.1. The molecule has 0 unspecified atom stereocenters. The first-order chi connectivity index (χ1) is 12.5. The topological polar surface area (TPSA) is 69.2 Å². The van der Waals surface area contributed by atoms with Crippen LogP contribution in [0.2, 0.25) is 5.02 Å². The molecule has 1 amide bonds. The minimum atomic E-state index is -0.371. The third-order valence-corrected chi connectivity index (χ3v) is 4.18. The molecule has 0 aliphatic heterocycles. The second kappa shape index (κ2) is 10.2. The van der Waals surface area contributed by atoms with Crippen LogP contribution in [-0.4, -0.2) is 32.4 Å². The molecule has 0 fully saturated rings. The highest BCUT2D eigenvalue weighted by Gasteiger charge is 2.10. The molecule has 138 valence electrons. The van der Waals surface area contributed by atoms with Crippen LogP contribution in [0.15, 0.2) is 41.5 Å². The molecule has 2 aromatic rings. The van der Waals surface area contributed by atoms with E-state index in [9.17, 15) is 4.79 Å². The molecular weight excluding hydrogens is 471 g/mol. The van der Waals surface area contributed by atoms with Crippen molar-refractivity contribution in [2.24, 2.45) is 5.10 Å². The molecule has 0 aromatic heterocycles. The largest absolute Gasteiger partial charge is 0.493 e. The van der Waals surface area contributed by atoms with Gasteiger partial charge in [0.05, 0.1) is 23.5 Å². The number of hydrogen-bond acceptors (Lipinski definition) is 5. The van der Waals surface area contributed by atoms with Crippen molar-refractivity contribution < 1.29 is 19.0 Å². The second-order valence-electron chi connectivity index (χ2n) is 5.00. The summed E-state index contributed by atoms with van der Waals surface area (Å²) >= 11 is 7.95. The lowest BCUT2D eigenvalue weighted by atomic mass is 10.2. The van der Waals surface area contributed by atoms with Gasteiger partial charge in [-0.1, -0.05) is 11.6 Å². The summed E-state index contributed by atoms with van der Waals surface area (Å²) in [7, 11) is 1.57. The second-order valence-corrected chi connectivity index (χ2v) is 6.60. The average molecular weight is 489 g/mol. The zero-order valence-corrected chi connectivity index (χ0v) is 17.2. The van der Waals surface area contributed by atoms with Crippen LogP contribution in [-0.2, 0) is 4.79 Å². The molecule has 0 spiro atoms. The highest BCUT2D eigenvalue weighted by Crippen LogP contribution is 2.33. The number of hydrazone groups is 1. The first-order valence-electron chi connectivity index (χ1n) is 7.74. The van der Waals surface area contributed by atoms with E-state index < -0.39 is 0 Å². The number of carbonyl (C=O) groups excluding carboxylic acids is 1. The SMILES string of the molecule is CCOc1c(I)cc(/C=N\NC(=O)COc2ccc(Cl)cc2)cc1OC. The summed E-state index contributed by atoms with van der Waals surface area (Å²) in [5, 5.41) is 4.54. The molecule has 0 bridgehead atoms. The molecule has 0 aliphatic rings. The number of amides is 1. The lowest BCUT2D eigenvalue weighted by Crippen LogP contribution is -2.24. The predicted molar refractivity (Wildman–Crippen MR) is 110 cm³/mol. The Kier molecular flexibility index (Phi) is 7.99. The Morgan fingerprint density at radius 1 is 1.27 bits per heavy atom. The van der Waals surface area contributed by atoms with Gasteiger partial charge in [0.15, 0.2) is 18.1 Å². The Labute approximate surface area is 170 Å². The molecule has 2 rings (SSSR count). The summed E-state index contributed by atoms with van der Waals surface area (Å²) in [4.78, 5) is 11.8. The van der Waals surface area contributed by atoms with Crippen LogP contribution in [0.25, 0.3) is 0 Å². The number of rotatable bonds is 8. The van der Waals surface area contributed by atoms with Crippen molar-refractivity contribution in [1.82, 2.24) is 5.43 Å². The number of nitrogens with zero attached hydrogens (tertiary/aromatic N) is 1. The Morgan fingerprint density at radius 2 is 2.00 bits per heavy atom. The van der Waals surface area contributed by atoms with Crippen molar-refractivity contribution in [3.05, 3.63) is 50.6 Å². The summed E-state index contributed by atoms with van der Waals surface area (Å²) in [6.07, 6.45) is 1.53. The molecule has 0 saturated carbocycles. The van der Waals surface area contributed by atoms with Crippen molar-refractivity contribution in [3.63, 3.8) is 0 Å². The minimum absolute atomic E-state index is 0.150. The molecule has 26 heavy (non-hydrogen) atoms. The van der Waals surface area contributed by atoms with Gasteiger partial charge in [-0.05, 0) is 71.5 Å². The fourth-order valence-corrected chi connectivity index (χ4v) is 2.90. The molecular formula is C18H18ClIN2O4. The third kappa shape index (κ3) is 6.06. The lowest BCUT2D eigenvalue weighted by Gasteiger charge is -2.12. The summed E-state index contributed by atoms with van der Waals surface area (Å²) in [5.74, 6) is 1.48. The van der Waals surface area contributed by atoms with E-state index in [1.54, 1.807) is 37.4 Å². The van der Waals surface area contributed by atoms with E-state index in [0.717, 1.165) is 9.13 Å². The van der Waals surface area contributed by atoms with Crippen LogP contribution in [0, 0.1) is 3.57 Å². The van der Waals surface area contributed by atoms with E-state index >= 15 is 0 Å². The first kappa shape index (κ1) is 20.3. The molecule has 2 aromatic carbocycles. The van der Waals surface area contributed by atoms with Crippen LogP contribution in [0.3, 0.4) is 0 Å². The summed E-state index contributed by atoms with van der Waals surface area (Å²) in [6.45, 7) is 2.30. The van der Waals surface area contributed by atoms with Crippen molar-refractivity contribution in [1.29, 1.82) is 0 Å². The normalized spacial score (nSPS) is 10.6. The van der Waals surface area contributed by atoms with Crippen molar-refractivity contribution >= 4 is 46.3 Å². The third-order valence-electron chi connectivity index (χ3n) is 3.13. The van der Waals surface area contributed by atoms with E-state index in [-0.39, 0.29) is 12.5 Å². The number of ether oxygens (including phenoxy) is 3. The van der Waals surface area contributed by atoms with Crippen LogP contribution < -0.4 is 19.6 Å². The Bertz CT molecular complexity index is 782. The Hall–Kier alpha value is -2.00. The van der Waals surface area contributed by atoms with Crippen molar-refractivity contribution in [2.45, 2.75) is 6.92 Å². The minimum Gasteiger partial charge on any atom is -0.493 e. The van der Waals surface area contributed by atoms with E-state index in [1.807, 2.05) is 13.0 Å². The summed E-state index contributed by atoms with van der Waals surface area (Å²) in [6, 6.07) is 10.4. The van der Waals surface area contributed by atoms with Gasteiger partial charge < -0.3 is 14.2 Å². The van der Waals surface area contributed by atoms with E-state index in [4.69, 9.17) is 25.8 Å². The Balaban J connectivity index is 1.91. The van der Waals surface area contributed by atoms with Crippen LogP contribution in [0.5, 0.6) is 17.2 Å². The zero-order valence-electron chi connectivity index (χ0n) is 14.3. The molecule has 0 aliphatic carbocycles. The molecule has 0 heterocycles. The summed E-state index contributed by atoms with van der Waals surface area (Å²) in [5.41, 5.74) is 3.19. The molecule has 0 radical (unpaired) electrons. The van der Waals surface area contributed by atoms with Crippen LogP contribution in [0.4, 0.5) is 0 Å². The molecule has 0 saturated heterocycles. The van der Waals surface area contributed by atoms with Gasteiger partial charge in [0.25, 0.3) is 5.91 Å². The first-order valence-corrected chi connectivity index (χ1v) is 9.19. The summed E-state index contributed by atoms with van der Waals surface area (Å²) < 4.78 is 17.1. The smallest absolute Gasteiger partial charge is 0.277 e.